The Morgan fingerprint density at radius 3 is 2.64 bits per heavy atom. The number of hydrogen-bond acceptors (Lipinski definition) is 2. The van der Waals surface area contributed by atoms with Gasteiger partial charge in [-0.1, -0.05) is 34.1 Å². The third-order valence-electron chi connectivity index (χ3n) is 2.01. The molecule has 0 fully saturated rings. The van der Waals surface area contributed by atoms with E-state index in [4.69, 9.17) is 0 Å². The van der Waals surface area contributed by atoms with E-state index >= 15 is 0 Å². The van der Waals surface area contributed by atoms with Gasteiger partial charge in [0.05, 0.1) is 0 Å². The van der Waals surface area contributed by atoms with Crippen molar-refractivity contribution >= 4 is 15.9 Å². The van der Waals surface area contributed by atoms with Crippen molar-refractivity contribution in [2.24, 2.45) is 0 Å². The molecule has 0 bridgehead atoms. The van der Waals surface area contributed by atoms with Gasteiger partial charge in [-0.3, -0.25) is 0 Å². The van der Waals surface area contributed by atoms with Gasteiger partial charge in [-0.05, 0) is 25.7 Å². The van der Waals surface area contributed by atoms with Crippen molar-refractivity contribution in [2.45, 2.75) is 6.54 Å². The van der Waals surface area contributed by atoms with Gasteiger partial charge >= 0.3 is 0 Å². The summed E-state index contributed by atoms with van der Waals surface area (Å²) in [5.74, 6) is 0. The number of halogens is 1. The van der Waals surface area contributed by atoms with Crippen LogP contribution in [0.2, 0.25) is 0 Å². The van der Waals surface area contributed by atoms with Gasteiger partial charge < -0.3 is 10.2 Å². The molecule has 0 aliphatic rings. The Balaban J connectivity index is 2.28. The molecule has 3 heteroatoms. The first-order chi connectivity index (χ1) is 6.70. The van der Waals surface area contributed by atoms with E-state index in [2.05, 4.69) is 58.4 Å². The molecule has 78 valence electrons. The second-order valence-electron chi connectivity index (χ2n) is 3.57. The Morgan fingerprint density at radius 2 is 2.00 bits per heavy atom. The van der Waals surface area contributed by atoms with E-state index in [1.165, 1.54) is 10.0 Å². The Hall–Kier alpha value is -0.380. The van der Waals surface area contributed by atoms with Gasteiger partial charge in [0, 0.05) is 24.1 Å². The van der Waals surface area contributed by atoms with Crippen molar-refractivity contribution in [3.63, 3.8) is 0 Å². The highest BCUT2D eigenvalue weighted by atomic mass is 79.9. The zero-order valence-electron chi connectivity index (χ0n) is 8.76. The first-order valence-electron chi connectivity index (χ1n) is 4.79. The zero-order valence-corrected chi connectivity index (χ0v) is 10.3. The number of hydrogen-bond donors (Lipinski definition) is 1. The fourth-order valence-corrected chi connectivity index (χ4v) is 1.59. The molecule has 0 spiro atoms. The van der Waals surface area contributed by atoms with Gasteiger partial charge in [0.15, 0.2) is 0 Å². The van der Waals surface area contributed by atoms with Crippen molar-refractivity contribution in [1.29, 1.82) is 0 Å². The lowest BCUT2D eigenvalue weighted by molar-refractivity contribution is 0.400. The molecule has 0 saturated carbocycles. The maximum absolute atomic E-state index is 3.53. The Bertz CT molecular complexity index is 274. The highest BCUT2D eigenvalue weighted by Crippen LogP contribution is 2.14. The molecule has 1 aromatic rings. The zero-order chi connectivity index (χ0) is 10.4. The van der Waals surface area contributed by atoms with Crippen LogP contribution >= 0.6 is 15.9 Å². The number of benzene rings is 1. The predicted octanol–water partition coefficient (Wildman–Crippen LogP) is 2.10. The maximum Gasteiger partial charge on any atom is 0.0220 e. The van der Waals surface area contributed by atoms with E-state index in [0.717, 1.165) is 19.6 Å². The van der Waals surface area contributed by atoms with Crippen molar-refractivity contribution in [3.05, 3.63) is 34.3 Å². The highest BCUT2D eigenvalue weighted by Gasteiger charge is 1.97. The van der Waals surface area contributed by atoms with Crippen LogP contribution in [0.1, 0.15) is 5.56 Å². The number of rotatable bonds is 5. The summed E-state index contributed by atoms with van der Waals surface area (Å²) in [6.07, 6.45) is 0. The average Bonchev–Trinajstić information content (AvgIpc) is 2.15. The fourth-order valence-electron chi connectivity index (χ4n) is 1.17. The largest absolute Gasteiger partial charge is 0.311 e. The van der Waals surface area contributed by atoms with Crippen LogP contribution in [0.25, 0.3) is 0 Å². The van der Waals surface area contributed by atoms with Gasteiger partial charge in [0.2, 0.25) is 0 Å². The summed E-state index contributed by atoms with van der Waals surface area (Å²) >= 11 is 3.53. The van der Waals surface area contributed by atoms with Crippen LogP contribution in [0.5, 0.6) is 0 Å². The molecule has 0 aliphatic carbocycles. The van der Waals surface area contributed by atoms with E-state index in [1.807, 2.05) is 6.07 Å². The van der Waals surface area contributed by atoms with E-state index in [9.17, 15) is 0 Å². The van der Waals surface area contributed by atoms with E-state index < -0.39 is 0 Å². The van der Waals surface area contributed by atoms with Crippen LogP contribution in [0.15, 0.2) is 28.7 Å². The second kappa shape index (κ2) is 6.17. The number of nitrogens with zero attached hydrogens (tertiary/aromatic N) is 1. The summed E-state index contributed by atoms with van der Waals surface area (Å²) in [7, 11) is 4.17. The summed E-state index contributed by atoms with van der Waals surface area (Å²) in [4.78, 5) is 2.17. The summed E-state index contributed by atoms with van der Waals surface area (Å²) in [5, 5.41) is 3.40. The molecule has 1 rings (SSSR count). The molecular weight excluding hydrogens is 240 g/mol. The first-order valence-corrected chi connectivity index (χ1v) is 5.58. The van der Waals surface area contributed by atoms with Crippen molar-refractivity contribution in [2.75, 3.05) is 27.2 Å². The molecule has 0 atom stereocenters. The topological polar surface area (TPSA) is 15.3 Å². The predicted molar refractivity (Wildman–Crippen MR) is 64.4 cm³/mol. The van der Waals surface area contributed by atoms with Crippen LogP contribution < -0.4 is 5.32 Å². The fraction of sp³-hybridized carbons (Fsp3) is 0.455. The number of likely N-dealkylation sites (N-methyl/N-ethyl adjacent to an activating group) is 1. The van der Waals surface area contributed by atoms with Crippen molar-refractivity contribution in [3.8, 4) is 0 Å². The Morgan fingerprint density at radius 1 is 1.29 bits per heavy atom. The minimum Gasteiger partial charge on any atom is -0.311 e. The molecule has 0 saturated heterocycles. The summed E-state index contributed by atoms with van der Waals surface area (Å²) in [6, 6.07) is 8.30. The van der Waals surface area contributed by atoms with Gasteiger partial charge in [-0.15, -0.1) is 0 Å². The molecule has 0 amide bonds. The molecule has 0 aromatic heterocycles. The smallest absolute Gasteiger partial charge is 0.0220 e. The van der Waals surface area contributed by atoms with Crippen LogP contribution in [-0.4, -0.2) is 32.1 Å². The van der Waals surface area contributed by atoms with E-state index in [0.29, 0.717) is 0 Å². The van der Waals surface area contributed by atoms with Gasteiger partial charge in [0.25, 0.3) is 0 Å². The first kappa shape index (κ1) is 11.7. The third-order valence-corrected chi connectivity index (χ3v) is 2.78. The third kappa shape index (κ3) is 4.22. The van der Waals surface area contributed by atoms with E-state index in [-0.39, 0.29) is 0 Å². The standard InChI is InChI=1S/C11H17BrN2/c1-14(2)8-7-13-9-10-5-3-4-6-11(10)12/h3-6,13H,7-9H2,1-2H3. The summed E-state index contributed by atoms with van der Waals surface area (Å²) in [6.45, 7) is 3.02. The van der Waals surface area contributed by atoms with Crippen LogP contribution in [-0.2, 0) is 6.54 Å². The van der Waals surface area contributed by atoms with Gasteiger partial charge in [-0.2, -0.15) is 0 Å². The van der Waals surface area contributed by atoms with Crippen LogP contribution in [0, 0.1) is 0 Å². The Kier molecular flexibility index (Phi) is 5.15. The Labute approximate surface area is 94.4 Å². The molecule has 0 unspecified atom stereocenters. The molecule has 2 nitrogen and oxygen atoms in total. The molecule has 1 N–H and O–H groups in total. The summed E-state index contributed by atoms with van der Waals surface area (Å²) in [5.41, 5.74) is 1.31. The average molecular weight is 257 g/mol. The quantitative estimate of drug-likeness (QED) is 0.813. The maximum atomic E-state index is 3.53. The minimum atomic E-state index is 0.926. The lowest BCUT2D eigenvalue weighted by atomic mass is 10.2. The van der Waals surface area contributed by atoms with E-state index in [1.54, 1.807) is 0 Å². The minimum absolute atomic E-state index is 0.926. The van der Waals surface area contributed by atoms with Gasteiger partial charge in [0.1, 0.15) is 0 Å². The van der Waals surface area contributed by atoms with Crippen LogP contribution in [0.4, 0.5) is 0 Å². The normalized spacial score (nSPS) is 10.9. The molecule has 0 radical (unpaired) electrons. The highest BCUT2D eigenvalue weighted by molar-refractivity contribution is 9.10. The number of nitrogens with one attached hydrogen (secondary N) is 1. The van der Waals surface area contributed by atoms with Crippen LogP contribution in [0.3, 0.4) is 0 Å². The molecule has 14 heavy (non-hydrogen) atoms. The van der Waals surface area contributed by atoms with Crippen molar-refractivity contribution < 1.29 is 0 Å². The van der Waals surface area contributed by atoms with Crippen molar-refractivity contribution in [1.82, 2.24) is 10.2 Å². The molecule has 0 aliphatic heterocycles. The lowest BCUT2D eigenvalue weighted by Gasteiger charge is -2.10. The molecule has 1 aromatic carbocycles. The molecular formula is C11H17BrN2. The lowest BCUT2D eigenvalue weighted by Crippen LogP contribution is -2.26. The van der Waals surface area contributed by atoms with Gasteiger partial charge in [-0.25, -0.2) is 0 Å². The monoisotopic (exact) mass is 256 g/mol. The molecule has 0 heterocycles. The second-order valence-corrected chi connectivity index (χ2v) is 4.43. The summed E-state index contributed by atoms with van der Waals surface area (Å²) < 4.78 is 1.18. The SMILES string of the molecule is CN(C)CCNCc1ccccc1Br.